The van der Waals surface area contributed by atoms with E-state index in [0.717, 1.165) is 24.2 Å². The Bertz CT molecular complexity index is 366. The van der Waals surface area contributed by atoms with Crippen LogP contribution in [0.3, 0.4) is 0 Å². The van der Waals surface area contributed by atoms with E-state index in [1.165, 1.54) is 37.2 Å². The zero-order valence-corrected chi connectivity index (χ0v) is 10.4. The Kier molecular flexibility index (Phi) is 2.56. The molecule has 15 heavy (non-hydrogen) atoms. The van der Waals surface area contributed by atoms with Crippen molar-refractivity contribution in [2.45, 2.75) is 44.7 Å². The summed E-state index contributed by atoms with van der Waals surface area (Å²) in [5.74, 6) is 2.05. The molecule has 2 heterocycles. The van der Waals surface area contributed by atoms with Gasteiger partial charge in [0.15, 0.2) is 0 Å². The number of aromatic nitrogens is 2. The number of fused-ring (bicyclic) bond motifs is 1. The molecule has 1 fully saturated rings. The quantitative estimate of drug-likeness (QED) is 0.849. The molecule has 0 saturated heterocycles. The van der Waals surface area contributed by atoms with E-state index in [-0.39, 0.29) is 0 Å². The molecule has 2 aliphatic rings. The molecule has 3 nitrogen and oxygen atoms in total. The monoisotopic (exact) mass is 269 g/mol. The first-order valence-corrected chi connectivity index (χ1v) is 6.61. The van der Waals surface area contributed by atoms with Gasteiger partial charge >= 0.3 is 0 Å². The van der Waals surface area contributed by atoms with Crippen LogP contribution in [0, 0.1) is 0 Å². The summed E-state index contributed by atoms with van der Waals surface area (Å²) in [6, 6.07) is 0. The smallest absolute Gasteiger partial charge is 0.128 e. The van der Waals surface area contributed by atoms with Gasteiger partial charge in [0.05, 0.1) is 5.69 Å². The van der Waals surface area contributed by atoms with Crippen molar-refractivity contribution in [2.75, 3.05) is 6.54 Å². The average molecular weight is 270 g/mol. The van der Waals surface area contributed by atoms with E-state index in [1.54, 1.807) is 0 Å². The molecule has 4 heteroatoms. The molecule has 1 aromatic heterocycles. The number of nitrogens with one attached hydrogen (secondary N) is 1. The van der Waals surface area contributed by atoms with Crippen LogP contribution < -0.4 is 5.32 Å². The second-order valence-corrected chi connectivity index (χ2v) is 5.27. The fourth-order valence-electron chi connectivity index (χ4n) is 2.79. The predicted molar refractivity (Wildman–Crippen MR) is 62.8 cm³/mol. The number of hydrogen-bond donors (Lipinski definition) is 1. The maximum absolute atomic E-state index is 4.71. The van der Waals surface area contributed by atoms with Gasteiger partial charge in [-0.2, -0.15) is 0 Å². The predicted octanol–water partition coefficient (Wildman–Crippen LogP) is 2.41. The summed E-state index contributed by atoms with van der Waals surface area (Å²) < 4.78 is 3.48. The minimum absolute atomic E-state index is 0.716. The van der Waals surface area contributed by atoms with Crippen LogP contribution in [-0.2, 0) is 13.1 Å². The van der Waals surface area contributed by atoms with Gasteiger partial charge in [0.2, 0.25) is 0 Å². The highest BCUT2D eigenvalue weighted by atomic mass is 79.9. The van der Waals surface area contributed by atoms with Gasteiger partial charge in [-0.25, -0.2) is 4.98 Å². The molecule has 1 N–H and O–H groups in total. The molecule has 1 aromatic rings. The Hall–Kier alpha value is -0.350. The Morgan fingerprint density at radius 2 is 2.13 bits per heavy atom. The lowest BCUT2D eigenvalue weighted by atomic mass is 10.1. The molecule has 0 spiro atoms. The van der Waals surface area contributed by atoms with Crippen LogP contribution in [0.1, 0.15) is 43.1 Å². The van der Waals surface area contributed by atoms with E-state index in [2.05, 4.69) is 25.8 Å². The standard InChI is InChI=1S/C11H16BrN3/c12-10-9-7-13-5-6-15(9)11(14-10)8-3-1-2-4-8/h8,13H,1-7H2. The summed E-state index contributed by atoms with van der Waals surface area (Å²) in [6.45, 7) is 3.12. The largest absolute Gasteiger partial charge is 0.328 e. The number of halogens is 1. The van der Waals surface area contributed by atoms with Gasteiger partial charge in [-0.1, -0.05) is 12.8 Å². The van der Waals surface area contributed by atoms with E-state index in [1.807, 2.05) is 0 Å². The molecular formula is C11H16BrN3. The first-order chi connectivity index (χ1) is 7.36. The number of imidazole rings is 1. The molecule has 0 aromatic carbocycles. The Morgan fingerprint density at radius 1 is 1.33 bits per heavy atom. The van der Waals surface area contributed by atoms with Gasteiger partial charge in [-0.05, 0) is 28.8 Å². The number of rotatable bonds is 1. The van der Waals surface area contributed by atoms with Crippen molar-refractivity contribution in [1.82, 2.24) is 14.9 Å². The normalized spacial score (nSPS) is 21.9. The van der Waals surface area contributed by atoms with Crippen molar-refractivity contribution in [3.05, 3.63) is 16.1 Å². The third-order valence-electron chi connectivity index (χ3n) is 3.58. The minimum Gasteiger partial charge on any atom is -0.328 e. The highest BCUT2D eigenvalue weighted by Gasteiger charge is 2.26. The zero-order valence-electron chi connectivity index (χ0n) is 8.80. The summed E-state index contributed by atoms with van der Waals surface area (Å²) in [7, 11) is 0. The van der Waals surface area contributed by atoms with Gasteiger partial charge < -0.3 is 9.88 Å². The molecule has 0 bridgehead atoms. The molecule has 0 atom stereocenters. The van der Waals surface area contributed by atoms with E-state index in [0.29, 0.717) is 5.92 Å². The second kappa shape index (κ2) is 3.91. The van der Waals surface area contributed by atoms with E-state index in [9.17, 15) is 0 Å². The first-order valence-electron chi connectivity index (χ1n) is 5.82. The van der Waals surface area contributed by atoms with Crippen LogP contribution in [0.2, 0.25) is 0 Å². The SMILES string of the molecule is Brc1nc(C2CCCC2)n2c1CNCC2. The molecular weight excluding hydrogens is 254 g/mol. The van der Waals surface area contributed by atoms with Crippen molar-refractivity contribution in [3.8, 4) is 0 Å². The molecule has 0 unspecified atom stereocenters. The van der Waals surface area contributed by atoms with E-state index < -0.39 is 0 Å². The van der Waals surface area contributed by atoms with Gasteiger partial charge in [0, 0.05) is 25.6 Å². The summed E-state index contributed by atoms with van der Waals surface area (Å²) in [5, 5.41) is 3.39. The lowest BCUT2D eigenvalue weighted by Crippen LogP contribution is -2.29. The van der Waals surface area contributed by atoms with Gasteiger partial charge in [0.1, 0.15) is 10.4 Å². The average Bonchev–Trinajstić information content (AvgIpc) is 2.87. The number of hydrogen-bond acceptors (Lipinski definition) is 2. The van der Waals surface area contributed by atoms with Crippen LogP contribution in [0.15, 0.2) is 4.60 Å². The fourth-order valence-corrected chi connectivity index (χ4v) is 3.32. The maximum atomic E-state index is 4.71. The van der Waals surface area contributed by atoms with Crippen molar-refractivity contribution in [2.24, 2.45) is 0 Å². The first kappa shape index (κ1) is 9.85. The molecule has 82 valence electrons. The molecule has 1 aliphatic carbocycles. The minimum atomic E-state index is 0.716. The summed E-state index contributed by atoms with van der Waals surface area (Å²) in [5.41, 5.74) is 1.34. The third-order valence-corrected chi connectivity index (χ3v) is 4.21. The van der Waals surface area contributed by atoms with Crippen molar-refractivity contribution in [3.63, 3.8) is 0 Å². The fraction of sp³-hybridized carbons (Fsp3) is 0.727. The third kappa shape index (κ3) is 1.64. The van der Waals surface area contributed by atoms with Crippen molar-refractivity contribution >= 4 is 15.9 Å². The lowest BCUT2D eigenvalue weighted by molar-refractivity contribution is 0.483. The summed E-state index contributed by atoms with van der Waals surface area (Å²) in [6.07, 6.45) is 5.41. The molecule has 0 radical (unpaired) electrons. The molecule has 0 amide bonds. The Labute approximate surface area is 98.4 Å². The van der Waals surface area contributed by atoms with E-state index >= 15 is 0 Å². The van der Waals surface area contributed by atoms with Crippen LogP contribution >= 0.6 is 15.9 Å². The van der Waals surface area contributed by atoms with Crippen LogP contribution in [-0.4, -0.2) is 16.1 Å². The highest BCUT2D eigenvalue weighted by molar-refractivity contribution is 9.10. The summed E-state index contributed by atoms with van der Waals surface area (Å²) >= 11 is 3.58. The zero-order chi connectivity index (χ0) is 10.3. The molecule has 1 aliphatic heterocycles. The van der Waals surface area contributed by atoms with Crippen molar-refractivity contribution in [1.29, 1.82) is 0 Å². The molecule has 1 saturated carbocycles. The van der Waals surface area contributed by atoms with Crippen LogP contribution in [0.25, 0.3) is 0 Å². The van der Waals surface area contributed by atoms with Crippen LogP contribution in [0.4, 0.5) is 0 Å². The van der Waals surface area contributed by atoms with E-state index in [4.69, 9.17) is 4.98 Å². The Morgan fingerprint density at radius 3 is 2.93 bits per heavy atom. The lowest BCUT2D eigenvalue weighted by Gasteiger charge is -2.20. The van der Waals surface area contributed by atoms with Gasteiger partial charge in [-0.15, -0.1) is 0 Å². The highest BCUT2D eigenvalue weighted by Crippen LogP contribution is 2.35. The van der Waals surface area contributed by atoms with Gasteiger partial charge in [0.25, 0.3) is 0 Å². The second-order valence-electron chi connectivity index (χ2n) is 4.52. The topological polar surface area (TPSA) is 29.9 Å². The Balaban J connectivity index is 1.99. The van der Waals surface area contributed by atoms with Crippen molar-refractivity contribution < 1.29 is 0 Å². The van der Waals surface area contributed by atoms with Crippen LogP contribution in [0.5, 0.6) is 0 Å². The number of nitrogens with zero attached hydrogens (tertiary/aromatic N) is 2. The van der Waals surface area contributed by atoms with Gasteiger partial charge in [-0.3, -0.25) is 0 Å². The molecule has 3 rings (SSSR count). The maximum Gasteiger partial charge on any atom is 0.128 e. The summed E-state index contributed by atoms with van der Waals surface area (Å²) in [4.78, 5) is 4.71.